The number of rotatable bonds is 4. The molecule has 3 rings (SSSR count). The molecule has 1 heterocycles. The van der Waals surface area contributed by atoms with Crippen LogP contribution >= 0.6 is 11.6 Å². The molecule has 0 radical (unpaired) electrons. The van der Waals surface area contributed by atoms with E-state index >= 15 is 0 Å². The molecular formula is C19H19ClN2O3. The van der Waals surface area contributed by atoms with Crippen LogP contribution < -0.4 is 10.1 Å². The smallest absolute Gasteiger partial charge is 0.231 e. The molecule has 0 fully saturated rings. The zero-order valence-corrected chi connectivity index (χ0v) is 14.6. The summed E-state index contributed by atoms with van der Waals surface area (Å²) < 4.78 is 5.67. The molecule has 1 unspecified atom stereocenters. The molecule has 1 N–H and O–H groups in total. The maximum absolute atomic E-state index is 12.5. The van der Waals surface area contributed by atoms with E-state index in [-0.39, 0.29) is 24.8 Å². The quantitative estimate of drug-likeness (QED) is 0.912. The van der Waals surface area contributed by atoms with E-state index in [2.05, 4.69) is 5.32 Å². The van der Waals surface area contributed by atoms with Crippen LogP contribution in [0.25, 0.3) is 0 Å². The maximum atomic E-state index is 12.5. The van der Waals surface area contributed by atoms with Gasteiger partial charge in [0.2, 0.25) is 11.8 Å². The summed E-state index contributed by atoms with van der Waals surface area (Å²) in [7, 11) is 1.74. The van der Waals surface area contributed by atoms with Gasteiger partial charge in [0, 0.05) is 25.0 Å². The summed E-state index contributed by atoms with van der Waals surface area (Å²) in [6, 6.07) is 14.8. The number of carbonyl (C=O) groups is 2. The van der Waals surface area contributed by atoms with Gasteiger partial charge in [-0.2, -0.15) is 0 Å². The summed E-state index contributed by atoms with van der Waals surface area (Å²) in [4.78, 5) is 26.5. The topological polar surface area (TPSA) is 58.6 Å². The lowest BCUT2D eigenvalue weighted by Gasteiger charge is -2.20. The fraction of sp³-hybridized carbons (Fsp3) is 0.263. The highest BCUT2D eigenvalue weighted by atomic mass is 35.5. The number of benzene rings is 2. The van der Waals surface area contributed by atoms with Crippen molar-refractivity contribution in [2.75, 3.05) is 19.0 Å². The number of anilines is 1. The maximum Gasteiger partial charge on any atom is 0.231 e. The highest BCUT2D eigenvalue weighted by molar-refractivity contribution is 6.31. The number of fused-ring (bicyclic) bond motifs is 1. The molecule has 0 aromatic heterocycles. The molecule has 130 valence electrons. The van der Waals surface area contributed by atoms with Crippen LogP contribution in [0.3, 0.4) is 0 Å². The first-order valence-electron chi connectivity index (χ1n) is 8.04. The van der Waals surface area contributed by atoms with E-state index < -0.39 is 5.92 Å². The zero-order chi connectivity index (χ0) is 17.8. The van der Waals surface area contributed by atoms with Gasteiger partial charge >= 0.3 is 0 Å². The highest BCUT2D eigenvalue weighted by Gasteiger charge is 2.28. The Hall–Kier alpha value is -2.53. The Kier molecular flexibility index (Phi) is 5.24. The van der Waals surface area contributed by atoms with Crippen LogP contribution in [-0.2, 0) is 16.1 Å². The van der Waals surface area contributed by atoms with Crippen LogP contribution in [0.1, 0.15) is 12.0 Å². The number of nitrogens with zero attached hydrogens (tertiary/aromatic N) is 1. The van der Waals surface area contributed by atoms with E-state index in [1.807, 2.05) is 30.3 Å². The first-order chi connectivity index (χ1) is 12.0. The van der Waals surface area contributed by atoms with Gasteiger partial charge in [-0.15, -0.1) is 0 Å². The second-order valence-electron chi connectivity index (χ2n) is 6.08. The summed E-state index contributed by atoms with van der Waals surface area (Å²) in [5.41, 5.74) is 1.58. The number of nitrogens with one attached hydrogen (secondary N) is 1. The lowest BCUT2D eigenvalue weighted by Crippen LogP contribution is -2.33. The van der Waals surface area contributed by atoms with Crippen LogP contribution in [0.15, 0.2) is 48.5 Å². The molecular weight excluding hydrogens is 340 g/mol. The van der Waals surface area contributed by atoms with Gasteiger partial charge in [0.1, 0.15) is 12.4 Å². The number of ether oxygens (including phenoxy) is 1. The van der Waals surface area contributed by atoms with Crippen LogP contribution in [-0.4, -0.2) is 30.4 Å². The van der Waals surface area contributed by atoms with Crippen molar-refractivity contribution in [2.45, 2.75) is 13.0 Å². The monoisotopic (exact) mass is 358 g/mol. The van der Waals surface area contributed by atoms with Gasteiger partial charge in [0.25, 0.3) is 0 Å². The van der Waals surface area contributed by atoms with Gasteiger partial charge in [0.15, 0.2) is 0 Å². The normalized spacial score (nSPS) is 16.2. The first-order valence-corrected chi connectivity index (χ1v) is 8.42. The number of hydrogen-bond acceptors (Lipinski definition) is 3. The number of carbonyl (C=O) groups excluding carboxylic acids is 2. The predicted molar refractivity (Wildman–Crippen MR) is 96.6 cm³/mol. The number of amides is 2. The lowest BCUT2D eigenvalue weighted by atomic mass is 10.0. The average molecular weight is 359 g/mol. The van der Waals surface area contributed by atoms with Crippen LogP contribution in [0.4, 0.5) is 5.69 Å². The van der Waals surface area contributed by atoms with Crippen LogP contribution in [0.5, 0.6) is 5.75 Å². The fourth-order valence-corrected chi connectivity index (χ4v) is 2.86. The van der Waals surface area contributed by atoms with E-state index in [0.717, 1.165) is 5.56 Å². The highest BCUT2D eigenvalue weighted by Crippen LogP contribution is 2.31. The first kappa shape index (κ1) is 17.3. The van der Waals surface area contributed by atoms with Crippen molar-refractivity contribution in [1.82, 2.24) is 4.90 Å². The van der Waals surface area contributed by atoms with E-state index in [0.29, 0.717) is 23.0 Å². The molecule has 0 saturated carbocycles. The molecule has 1 atom stereocenters. The SMILES string of the molecule is CN(Cc1ccccc1)C(=O)CC1COc2ccc(Cl)cc2NC1=O. The fourth-order valence-electron chi connectivity index (χ4n) is 2.69. The molecule has 0 saturated heterocycles. The van der Waals surface area contributed by atoms with E-state index in [1.165, 1.54) is 0 Å². The van der Waals surface area contributed by atoms with Crippen molar-refractivity contribution in [3.05, 3.63) is 59.1 Å². The standard InChI is InChI=1S/C19H19ClN2O3/c1-22(11-13-5-3-2-4-6-13)18(23)9-14-12-25-17-8-7-15(20)10-16(17)21-19(14)24/h2-8,10,14H,9,11-12H2,1H3,(H,21,24). The molecule has 25 heavy (non-hydrogen) atoms. The average Bonchev–Trinajstić information content (AvgIpc) is 2.74. The third-order valence-corrected chi connectivity index (χ3v) is 4.35. The molecule has 0 aliphatic carbocycles. The molecule has 2 amide bonds. The number of hydrogen-bond donors (Lipinski definition) is 1. The van der Waals surface area contributed by atoms with E-state index in [9.17, 15) is 9.59 Å². The van der Waals surface area contributed by atoms with Crippen molar-refractivity contribution in [3.8, 4) is 5.75 Å². The minimum Gasteiger partial charge on any atom is -0.491 e. The Labute approximate surface area is 151 Å². The van der Waals surface area contributed by atoms with Gasteiger partial charge in [0.05, 0.1) is 11.6 Å². The molecule has 2 aromatic carbocycles. The summed E-state index contributed by atoms with van der Waals surface area (Å²) in [5.74, 6) is -0.318. The number of halogens is 1. The van der Waals surface area contributed by atoms with Crippen molar-refractivity contribution < 1.29 is 14.3 Å². The lowest BCUT2D eigenvalue weighted by molar-refractivity contribution is -0.134. The molecule has 6 heteroatoms. The van der Waals surface area contributed by atoms with Gasteiger partial charge in [-0.3, -0.25) is 9.59 Å². The van der Waals surface area contributed by atoms with Gasteiger partial charge in [-0.05, 0) is 23.8 Å². The van der Waals surface area contributed by atoms with E-state index in [1.54, 1.807) is 30.1 Å². The van der Waals surface area contributed by atoms with Crippen molar-refractivity contribution in [3.63, 3.8) is 0 Å². The third kappa shape index (κ3) is 4.31. The third-order valence-electron chi connectivity index (χ3n) is 4.12. The Bertz CT molecular complexity index is 779. The molecule has 1 aliphatic heterocycles. The summed E-state index contributed by atoms with van der Waals surface area (Å²) >= 11 is 5.95. The van der Waals surface area contributed by atoms with Gasteiger partial charge in [-0.1, -0.05) is 41.9 Å². The second kappa shape index (κ2) is 7.57. The molecule has 1 aliphatic rings. The molecule has 0 bridgehead atoms. The summed E-state index contributed by atoms with van der Waals surface area (Å²) in [5, 5.41) is 3.30. The Morgan fingerprint density at radius 3 is 2.80 bits per heavy atom. The van der Waals surface area contributed by atoms with Crippen LogP contribution in [0.2, 0.25) is 5.02 Å². The van der Waals surface area contributed by atoms with Crippen LogP contribution in [0, 0.1) is 5.92 Å². The minimum absolute atomic E-state index is 0.0941. The Morgan fingerprint density at radius 1 is 1.28 bits per heavy atom. The second-order valence-corrected chi connectivity index (χ2v) is 6.51. The van der Waals surface area contributed by atoms with Crippen molar-refractivity contribution in [2.24, 2.45) is 5.92 Å². The van der Waals surface area contributed by atoms with E-state index in [4.69, 9.17) is 16.3 Å². The Morgan fingerprint density at radius 2 is 2.04 bits per heavy atom. The van der Waals surface area contributed by atoms with Gasteiger partial charge < -0.3 is 15.0 Å². The minimum atomic E-state index is -0.545. The van der Waals surface area contributed by atoms with Crippen molar-refractivity contribution in [1.29, 1.82) is 0 Å². The Balaban J connectivity index is 1.63. The summed E-state index contributed by atoms with van der Waals surface area (Å²) in [6.07, 6.45) is 0.0941. The molecule has 0 spiro atoms. The zero-order valence-electron chi connectivity index (χ0n) is 13.9. The predicted octanol–water partition coefficient (Wildman–Crippen LogP) is 3.34. The summed E-state index contributed by atoms with van der Waals surface area (Å²) in [6.45, 7) is 0.663. The van der Waals surface area contributed by atoms with Gasteiger partial charge in [-0.25, -0.2) is 0 Å². The largest absolute Gasteiger partial charge is 0.491 e. The van der Waals surface area contributed by atoms with Crippen molar-refractivity contribution >= 4 is 29.1 Å². The molecule has 2 aromatic rings. The molecule has 5 nitrogen and oxygen atoms in total.